The number of hydrogen-bond acceptors (Lipinski definition) is 7. The van der Waals surface area contributed by atoms with Crippen molar-refractivity contribution in [3.05, 3.63) is 45.3 Å². The second-order valence-electron chi connectivity index (χ2n) is 6.69. The maximum Gasteiger partial charge on any atom is 0.303 e. The number of ether oxygens (including phenoxy) is 3. The number of aryl methyl sites for hydroxylation is 1. The molecule has 8 nitrogen and oxygen atoms in total. The van der Waals surface area contributed by atoms with Crippen LogP contribution in [-0.2, 0) is 30.2 Å². The number of carbonyl (C=O) groups excluding carboxylic acids is 2. The van der Waals surface area contributed by atoms with Crippen molar-refractivity contribution < 1.29 is 23.8 Å². The van der Waals surface area contributed by atoms with Crippen molar-refractivity contribution in [3.63, 3.8) is 0 Å². The molecule has 0 amide bonds. The van der Waals surface area contributed by atoms with E-state index in [-0.39, 0.29) is 18.0 Å². The van der Waals surface area contributed by atoms with E-state index < -0.39 is 30.2 Å². The van der Waals surface area contributed by atoms with Crippen LogP contribution in [-0.4, -0.2) is 48.0 Å². The Morgan fingerprint density at radius 2 is 2.03 bits per heavy atom. The number of benzene rings is 1. The van der Waals surface area contributed by atoms with Crippen molar-refractivity contribution >= 4 is 35.3 Å². The first-order valence-corrected chi connectivity index (χ1v) is 10.6. The predicted molar refractivity (Wildman–Crippen MR) is 111 cm³/mol. The van der Waals surface area contributed by atoms with Crippen molar-refractivity contribution in [2.24, 2.45) is 11.0 Å². The molecule has 0 aromatic heterocycles. The molecule has 1 aromatic carbocycles. The number of nitrogens with zero attached hydrogens (tertiary/aromatic N) is 3. The van der Waals surface area contributed by atoms with Crippen molar-refractivity contribution in [2.45, 2.75) is 50.9 Å². The average Bonchev–Trinajstić information content (AvgIpc) is 2.66. The molecule has 0 N–H and O–H groups in total. The molecule has 158 valence electrons. The largest absolute Gasteiger partial charge is 0.463 e. The minimum absolute atomic E-state index is 0.0982. The summed E-state index contributed by atoms with van der Waals surface area (Å²) < 4.78 is 16.5. The summed E-state index contributed by atoms with van der Waals surface area (Å²) in [5.74, 6) is -0.501. The molecule has 1 saturated heterocycles. The second-order valence-corrected chi connectivity index (χ2v) is 8.30. The lowest BCUT2D eigenvalue weighted by atomic mass is 9.91. The number of esters is 2. The highest BCUT2D eigenvalue weighted by Gasteiger charge is 2.46. The zero-order chi connectivity index (χ0) is 21.4. The summed E-state index contributed by atoms with van der Waals surface area (Å²) in [6.45, 7) is 4.34. The van der Waals surface area contributed by atoms with Crippen molar-refractivity contribution in [2.75, 3.05) is 12.4 Å². The van der Waals surface area contributed by atoms with E-state index in [1.54, 1.807) is 11.8 Å². The molecule has 0 radical (unpaired) electrons. The quantitative estimate of drug-likeness (QED) is 0.259. The fraction of sp³-hybridized carbons (Fsp3) is 0.579. The molecule has 0 saturated carbocycles. The lowest BCUT2D eigenvalue weighted by molar-refractivity contribution is -0.182. The van der Waals surface area contributed by atoms with Crippen LogP contribution in [0.3, 0.4) is 0 Å². The van der Waals surface area contributed by atoms with Gasteiger partial charge in [0.2, 0.25) is 0 Å². The third kappa shape index (κ3) is 6.82. The molecule has 10 heteroatoms. The monoisotopic (exact) mass is 441 g/mol. The van der Waals surface area contributed by atoms with Crippen LogP contribution < -0.4 is 0 Å². The molecule has 29 heavy (non-hydrogen) atoms. The summed E-state index contributed by atoms with van der Waals surface area (Å²) in [7, 11) is 0. The van der Waals surface area contributed by atoms with Crippen LogP contribution in [0.25, 0.3) is 10.4 Å². The molecule has 1 aliphatic rings. The van der Waals surface area contributed by atoms with Gasteiger partial charge in [0.15, 0.2) is 0 Å². The topological polar surface area (TPSA) is 111 Å². The molecule has 2 unspecified atom stereocenters. The number of carbonyl (C=O) groups is 2. The van der Waals surface area contributed by atoms with Crippen LogP contribution in [0.1, 0.15) is 26.3 Å². The van der Waals surface area contributed by atoms with E-state index in [2.05, 4.69) is 10.0 Å². The Bertz CT molecular complexity index is 774. The minimum atomic E-state index is -0.835. The first kappa shape index (κ1) is 23.3. The minimum Gasteiger partial charge on any atom is -0.463 e. The van der Waals surface area contributed by atoms with Crippen LogP contribution >= 0.6 is 23.4 Å². The summed E-state index contributed by atoms with van der Waals surface area (Å²) in [6.07, 6.45) is -0.823. The van der Waals surface area contributed by atoms with E-state index in [9.17, 15) is 9.59 Å². The second kappa shape index (κ2) is 11.3. The Hall–Kier alpha value is -1.93. The lowest BCUT2D eigenvalue weighted by Gasteiger charge is -2.43. The fourth-order valence-corrected chi connectivity index (χ4v) is 4.62. The van der Waals surface area contributed by atoms with E-state index in [0.717, 1.165) is 17.7 Å². The molecule has 0 aliphatic carbocycles. The Kier molecular flexibility index (Phi) is 9.10. The fourth-order valence-electron chi connectivity index (χ4n) is 3.13. The zero-order valence-electron chi connectivity index (χ0n) is 16.5. The highest BCUT2D eigenvalue weighted by Crippen LogP contribution is 2.36. The highest BCUT2D eigenvalue weighted by atomic mass is 35.5. The Balaban J connectivity index is 2.12. The number of halogens is 1. The Morgan fingerprint density at radius 3 is 2.66 bits per heavy atom. The van der Waals surface area contributed by atoms with Crippen LogP contribution in [0, 0.1) is 5.92 Å². The summed E-state index contributed by atoms with van der Waals surface area (Å²) >= 11 is 7.76. The molecular weight excluding hydrogens is 418 g/mol. The van der Waals surface area contributed by atoms with Gasteiger partial charge in [-0.15, -0.1) is 11.8 Å². The van der Waals surface area contributed by atoms with Gasteiger partial charge in [-0.2, -0.15) is 0 Å². The molecule has 2 rings (SSSR count). The van der Waals surface area contributed by atoms with Gasteiger partial charge in [0.1, 0.15) is 24.3 Å². The third-order valence-electron chi connectivity index (χ3n) is 4.53. The maximum atomic E-state index is 11.6. The molecule has 5 atom stereocenters. The molecule has 0 bridgehead atoms. The highest BCUT2D eigenvalue weighted by molar-refractivity contribution is 7.99. The lowest BCUT2D eigenvalue weighted by Crippen LogP contribution is -2.55. The molecule has 1 fully saturated rings. The van der Waals surface area contributed by atoms with E-state index in [1.807, 2.05) is 31.2 Å². The van der Waals surface area contributed by atoms with Crippen LogP contribution in [0.2, 0.25) is 5.02 Å². The summed E-state index contributed by atoms with van der Waals surface area (Å²) in [5, 5.41) is 4.56. The van der Waals surface area contributed by atoms with Gasteiger partial charge >= 0.3 is 11.9 Å². The molecule has 1 aliphatic heterocycles. The molecular formula is C19H24ClN3O5S. The summed E-state index contributed by atoms with van der Waals surface area (Å²) in [6, 6.07) is 6.98. The van der Waals surface area contributed by atoms with Gasteiger partial charge in [0.05, 0.1) is 6.04 Å². The summed E-state index contributed by atoms with van der Waals surface area (Å²) in [5.41, 5.74) is 9.70. The normalized spacial score (nSPS) is 26.3. The Morgan fingerprint density at radius 1 is 1.31 bits per heavy atom. The van der Waals surface area contributed by atoms with E-state index in [1.165, 1.54) is 13.8 Å². The maximum absolute atomic E-state index is 11.6. The first-order chi connectivity index (χ1) is 13.8. The Labute approximate surface area is 178 Å². The average molecular weight is 442 g/mol. The number of hydrogen-bond donors (Lipinski definition) is 0. The van der Waals surface area contributed by atoms with Gasteiger partial charge < -0.3 is 14.2 Å². The molecule has 0 spiro atoms. The van der Waals surface area contributed by atoms with E-state index in [4.69, 9.17) is 31.3 Å². The van der Waals surface area contributed by atoms with Crippen LogP contribution in [0.15, 0.2) is 29.4 Å². The summed E-state index contributed by atoms with van der Waals surface area (Å²) in [4.78, 5) is 25.7. The van der Waals surface area contributed by atoms with Gasteiger partial charge in [-0.25, -0.2) is 0 Å². The molecule has 1 aromatic rings. The first-order valence-electron chi connectivity index (χ1n) is 9.18. The van der Waals surface area contributed by atoms with Gasteiger partial charge in [0.25, 0.3) is 0 Å². The van der Waals surface area contributed by atoms with Gasteiger partial charge in [-0.05, 0) is 29.3 Å². The zero-order valence-corrected chi connectivity index (χ0v) is 18.1. The standard InChI is InChI=1S/C19H24ClN3O5S/c1-11-17(22-23-21)18(27-13(3)25)16(10-26-12(2)24)28-19(11)29-9-8-14-6-4-5-7-15(14)20/h4-7,11,16-19H,8-10H2,1-3H3/t11?,16?,17-,18+,19-/m1/s1. The third-order valence-corrected chi connectivity index (χ3v) is 6.21. The van der Waals surface area contributed by atoms with Gasteiger partial charge in [-0.1, -0.05) is 41.8 Å². The predicted octanol–water partition coefficient (Wildman–Crippen LogP) is 4.15. The van der Waals surface area contributed by atoms with Crippen molar-refractivity contribution in [1.82, 2.24) is 0 Å². The molecule has 1 heterocycles. The smallest absolute Gasteiger partial charge is 0.303 e. The SMILES string of the molecule is CC(=O)OCC1O[C@H](SCCc2ccccc2Cl)C(C)[C@@H](N=[N+]=[N-])[C@H]1OC(C)=O. The van der Waals surface area contributed by atoms with Gasteiger partial charge in [0, 0.05) is 29.7 Å². The van der Waals surface area contributed by atoms with Gasteiger partial charge in [-0.3, -0.25) is 9.59 Å². The van der Waals surface area contributed by atoms with E-state index in [0.29, 0.717) is 5.02 Å². The van der Waals surface area contributed by atoms with Crippen LogP contribution in [0.5, 0.6) is 0 Å². The van der Waals surface area contributed by atoms with E-state index >= 15 is 0 Å². The van der Waals surface area contributed by atoms with Crippen LogP contribution in [0.4, 0.5) is 0 Å². The number of thioether (sulfide) groups is 1. The number of rotatable bonds is 8. The number of azide groups is 1. The van der Waals surface area contributed by atoms with Crippen molar-refractivity contribution in [3.8, 4) is 0 Å². The van der Waals surface area contributed by atoms with Crippen molar-refractivity contribution in [1.29, 1.82) is 0 Å².